The Morgan fingerprint density at radius 3 is 1.78 bits per heavy atom. The van der Waals surface area contributed by atoms with Gasteiger partial charge in [0, 0.05) is 0 Å². The first-order valence-electron chi connectivity index (χ1n) is 7.08. The molecule has 2 heterocycles. The van der Waals surface area contributed by atoms with Crippen LogP contribution in [0, 0.1) is 0 Å². The van der Waals surface area contributed by atoms with E-state index in [1.165, 1.54) is 0 Å². The summed E-state index contributed by atoms with van der Waals surface area (Å²) in [6, 6.07) is 0. The Kier molecular flexibility index (Phi) is 6.27. The Bertz CT molecular complexity index is 380. The molecule has 2 saturated heterocycles. The second-order valence-corrected chi connectivity index (χ2v) is 5.53. The van der Waals surface area contributed by atoms with Crippen molar-refractivity contribution in [2.75, 3.05) is 13.2 Å². The zero-order valence-electron chi connectivity index (χ0n) is 12.0. The van der Waals surface area contributed by atoms with Crippen LogP contribution in [0.2, 0.25) is 0 Å². The maximum Gasteiger partial charge on any atom is 0.187 e. The lowest BCUT2D eigenvalue weighted by Gasteiger charge is -2.45. The fourth-order valence-electron chi connectivity index (χ4n) is 2.56. The van der Waals surface area contributed by atoms with Crippen molar-refractivity contribution in [2.45, 2.75) is 61.4 Å². The molecule has 2 fully saturated rings. The van der Waals surface area contributed by atoms with Crippen LogP contribution in [0.4, 0.5) is 0 Å². The molecule has 0 aliphatic carbocycles. The van der Waals surface area contributed by atoms with Gasteiger partial charge < -0.3 is 55.1 Å². The standard InChI is InChI=1S/C12H22O11/c13-1-3-5(15)7(17)8(18)12(22-3)23-10-6(16)4(2-14)21-11(20)9(10)19/h3-20H,1-2H2/t3-,4-,5+,6+,7+,8-,9-,10+,11?,12?/m1/s1. The Hall–Kier alpha value is -0.440. The molecule has 11 heteroatoms. The molecule has 2 unspecified atom stereocenters. The van der Waals surface area contributed by atoms with Crippen LogP contribution < -0.4 is 0 Å². The number of hydrogen-bond donors (Lipinski definition) is 8. The van der Waals surface area contributed by atoms with Crippen LogP contribution >= 0.6 is 0 Å². The summed E-state index contributed by atoms with van der Waals surface area (Å²) in [7, 11) is 0. The average Bonchev–Trinajstić information content (AvgIpc) is 2.54. The molecule has 2 aliphatic heterocycles. The molecule has 10 atom stereocenters. The van der Waals surface area contributed by atoms with E-state index in [4.69, 9.17) is 24.4 Å². The van der Waals surface area contributed by atoms with Crippen LogP contribution in [0.3, 0.4) is 0 Å². The highest BCUT2D eigenvalue weighted by Gasteiger charge is 2.50. The highest BCUT2D eigenvalue weighted by Crippen LogP contribution is 2.28. The van der Waals surface area contributed by atoms with Gasteiger partial charge in [0.2, 0.25) is 0 Å². The summed E-state index contributed by atoms with van der Waals surface area (Å²) in [4.78, 5) is 0. The van der Waals surface area contributed by atoms with Gasteiger partial charge in [0.1, 0.15) is 48.8 Å². The fourth-order valence-corrected chi connectivity index (χ4v) is 2.56. The molecule has 23 heavy (non-hydrogen) atoms. The first-order chi connectivity index (χ1) is 10.8. The largest absolute Gasteiger partial charge is 0.394 e. The number of aliphatic hydroxyl groups is 8. The lowest BCUT2D eigenvalue weighted by atomic mass is 9.97. The van der Waals surface area contributed by atoms with E-state index in [9.17, 15) is 30.6 Å². The molecular weight excluding hydrogens is 320 g/mol. The van der Waals surface area contributed by atoms with Crippen molar-refractivity contribution in [2.24, 2.45) is 0 Å². The zero-order valence-corrected chi connectivity index (χ0v) is 12.0. The normalized spacial score (nSPS) is 51.7. The Balaban J connectivity index is 2.11. The molecule has 136 valence electrons. The van der Waals surface area contributed by atoms with Gasteiger partial charge in [-0.2, -0.15) is 0 Å². The quantitative estimate of drug-likeness (QED) is 0.243. The number of aliphatic hydroxyl groups excluding tert-OH is 8. The second-order valence-electron chi connectivity index (χ2n) is 5.53. The van der Waals surface area contributed by atoms with Crippen molar-refractivity contribution in [1.29, 1.82) is 0 Å². The van der Waals surface area contributed by atoms with Crippen molar-refractivity contribution < 1.29 is 55.1 Å². The van der Waals surface area contributed by atoms with E-state index in [0.717, 1.165) is 0 Å². The first-order valence-corrected chi connectivity index (χ1v) is 7.08. The van der Waals surface area contributed by atoms with Crippen molar-refractivity contribution in [3.63, 3.8) is 0 Å². The molecule has 0 spiro atoms. The van der Waals surface area contributed by atoms with Crippen molar-refractivity contribution >= 4 is 0 Å². The summed E-state index contributed by atoms with van der Waals surface area (Å²) >= 11 is 0. The van der Waals surface area contributed by atoms with Gasteiger partial charge >= 0.3 is 0 Å². The van der Waals surface area contributed by atoms with E-state index < -0.39 is 74.6 Å². The molecule has 0 bridgehead atoms. The monoisotopic (exact) mass is 342 g/mol. The van der Waals surface area contributed by atoms with Crippen LogP contribution in [-0.4, -0.2) is 115 Å². The molecule has 2 rings (SSSR count). The third-order valence-corrected chi connectivity index (χ3v) is 3.98. The molecule has 0 aromatic heterocycles. The SMILES string of the molecule is OC[C@H]1OC(O[C@H]2[C@@H](O)[C@@H](CO)OC(O)[C@@H]2O)[C@H](O)[C@@H](O)[C@H]1O. The third kappa shape index (κ3) is 3.65. The highest BCUT2D eigenvalue weighted by molar-refractivity contribution is 4.93. The molecule has 0 amide bonds. The Morgan fingerprint density at radius 1 is 0.652 bits per heavy atom. The summed E-state index contributed by atoms with van der Waals surface area (Å²) < 4.78 is 15.1. The highest BCUT2D eigenvalue weighted by atomic mass is 16.7. The molecule has 0 aromatic carbocycles. The zero-order chi connectivity index (χ0) is 17.3. The van der Waals surface area contributed by atoms with Crippen molar-refractivity contribution in [1.82, 2.24) is 0 Å². The lowest BCUT2D eigenvalue weighted by Crippen LogP contribution is -2.64. The van der Waals surface area contributed by atoms with Gasteiger partial charge in [0.15, 0.2) is 12.6 Å². The van der Waals surface area contributed by atoms with Gasteiger partial charge in [-0.25, -0.2) is 0 Å². The minimum Gasteiger partial charge on any atom is -0.394 e. The van der Waals surface area contributed by atoms with Gasteiger partial charge in [0.25, 0.3) is 0 Å². The maximum atomic E-state index is 10.00. The molecule has 0 radical (unpaired) electrons. The fraction of sp³-hybridized carbons (Fsp3) is 1.00. The van der Waals surface area contributed by atoms with Crippen molar-refractivity contribution in [3.8, 4) is 0 Å². The molecule has 0 aromatic rings. The van der Waals surface area contributed by atoms with Gasteiger partial charge in [-0.15, -0.1) is 0 Å². The van der Waals surface area contributed by atoms with Crippen LogP contribution in [-0.2, 0) is 14.2 Å². The second kappa shape index (κ2) is 7.63. The summed E-state index contributed by atoms with van der Waals surface area (Å²) in [6.07, 6.45) is -15.7. The molecule has 8 N–H and O–H groups in total. The Morgan fingerprint density at radius 2 is 1.22 bits per heavy atom. The smallest absolute Gasteiger partial charge is 0.187 e. The Labute approximate surface area is 130 Å². The van der Waals surface area contributed by atoms with Crippen LogP contribution in [0.1, 0.15) is 0 Å². The van der Waals surface area contributed by atoms with Crippen LogP contribution in [0.5, 0.6) is 0 Å². The summed E-state index contributed by atoms with van der Waals surface area (Å²) in [5.41, 5.74) is 0. The summed E-state index contributed by atoms with van der Waals surface area (Å²) in [6.45, 7) is -1.34. The molecule has 11 nitrogen and oxygen atoms in total. The van der Waals surface area contributed by atoms with Gasteiger partial charge in [-0.3, -0.25) is 0 Å². The van der Waals surface area contributed by atoms with E-state index >= 15 is 0 Å². The predicted octanol–water partition coefficient (Wildman–Crippen LogP) is -5.40. The van der Waals surface area contributed by atoms with Gasteiger partial charge in [-0.05, 0) is 0 Å². The molecular formula is C12H22O11. The van der Waals surface area contributed by atoms with Gasteiger partial charge in [-0.1, -0.05) is 0 Å². The molecule has 0 saturated carbocycles. The summed E-state index contributed by atoms with van der Waals surface area (Å²) in [5.74, 6) is 0. The third-order valence-electron chi connectivity index (χ3n) is 3.98. The molecule has 2 aliphatic rings. The minimum atomic E-state index is -1.76. The topological polar surface area (TPSA) is 190 Å². The van der Waals surface area contributed by atoms with E-state index in [1.54, 1.807) is 0 Å². The average molecular weight is 342 g/mol. The lowest BCUT2D eigenvalue weighted by molar-refractivity contribution is -0.355. The minimum absolute atomic E-state index is 0.667. The van der Waals surface area contributed by atoms with Crippen LogP contribution in [0.15, 0.2) is 0 Å². The first kappa shape index (κ1) is 18.9. The number of rotatable bonds is 4. The van der Waals surface area contributed by atoms with Crippen LogP contribution in [0.25, 0.3) is 0 Å². The van der Waals surface area contributed by atoms with E-state index in [2.05, 4.69) is 0 Å². The van der Waals surface area contributed by atoms with E-state index in [0.29, 0.717) is 0 Å². The van der Waals surface area contributed by atoms with Crippen molar-refractivity contribution in [3.05, 3.63) is 0 Å². The maximum absolute atomic E-state index is 10.00. The summed E-state index contributed by atoms with van der Waals surface area (Å²) in [5, 5.41) is 76.8. The van der Waals surface area contributed by atoms with E-state index in [1.807, 2.05) is 0 Å². The number of ether oxygens (including phenoxy) is 3. The number of hydrogen-bond acceptors (Lipinski definition) is 11. The van der Waals surface area contributed by atoms with Gasteiger partial charge in [0.05, 0.1) is 13.2 Å². The predicted molar refractivity (Wildman–Crippen MR) is 68.6 cm³/mol. The van der Waals surface area contributed by atoms with E-state index in [-0.39, 0.29) is 0 Å².